The van der Waals surface area contributed by atoms with Gasteiger partial charge in [0.2, 0.25) is 0 Å². The van der Waals surface area contributed by atoms with Crippen LogP contribution in [0.5, 0.6) is 0 Å². The summed E-state index contributed by atoms with van der Waals surface area (Å²) < 4.78 is 10.6. The van der Waals surface area contributed by atoms with Gasteiger partial charge in [-0.1, -0.05) is 0 Å². The van der Waals surface area contributed by atoms with Crippen LogP contribution in [-0.4, -0.2) is 39.4 Å². The van der Waals surface area contributed by atoms with Gasteiger partial charge in [0.05, 0.1) is 30.2 Å². The quantitative estimate of drug-likeness (QED) is 0.452. The monoisotopic (exact) mass is 292 g/mol. The van der Waals surface area contributed by atoms with Crippen molar-refractivity contribution in [1.29, 1.82) is 0 Å². The zero-order valence-electron chi connectivity index (χ0n) is 12.8. The average molecular weight is 292 g/mol. The molecule has 0 amide bonds. The fraction of sp³-hybridized carbons (Fsp3) is 0.562. The Morgan fingerprint density at radius 3 is 2.86 bits per heavy atom. The topological polar surface area (TPSA) is 64.8 Å². The van der Waals surface area contributed by atoms with Crippen LogP contribution in [0.1, 0.15) is 30.1 Å². The molecule has 1 saturated carbocycles. The number of likely N-dealkylation sites (N-methyl/N-ethyl adjacent to an activating group) is 1. The molecule has 1 aliphatic rings. The number of ether oxygens (including phenoxy) is 2. The summed E-state index contributed by atoms with van der Waals surface area (Å²) in [6.45, 7) is 4.41. The molecule has 1 aromatic carbocycles. The third kappa shape index (κ3) is 4.63. The fourth-order valence-corrected chi connectivity index (χ4v) is 2.07. The van der Waals surface area contributed by atoms with Gasteiger partial charge >= 0.3 is 5.97 Å². The molecule has 0 radical (unpaired) electrons. The van der Waals surface area contributed by atoms with Crippen molar-refractivity contribution in [2.24, 2.45) is 5.92 Å². The van der Waals surface area contributed by atoms with Gasteiger partial charge in [0, 0.05) is 20.2 Å². The summed E-state index contributed by atoms with van der Waals surface area (Å²) in [5.41, 5.74) is 7.99. The lowest BCUT2D eigenvalue weighted by atomic mass is 10.1. The zero-order valence-corrected chi connectivity index (χ0v) is 12.8. The molecule has 0 bridgehead atoms. The van der Waals surface area contributed by atoms with Crippen molar-refractivity contribution in [3.8, 4) is 0 Å². The maximum Gasteiger partial charge on any atom is 0.338 e. The van der Waals surface area contributed by atoms with Crippen molar-refractivity contribution in [3.05, 3.63) is 23.8 Å². The first-order valence-electron chi connectivity index (χ1n) is 7.47. The second-order valence-corrected chi connectivity index (χ2v) is 5.43. The summed E-state index contributed by atoms with van der Waals surface area (Å²) in [7, 11) is 1.95. The molecule has 0 saturated heterocycles. The van der Waals surface area contributed by atoms with Gasteiger partial charge in [-0.25, -0.2) is 4.79 Å². The summed E-state index contributed by atoms with van der Waals surface area (Å²) in [5.74, 6) is 0.449. The van der Waals surface area contributed by atoms with Crippen LogP contribution in [-0.2, 0) is 9.47 Å². The molecule has 21 heavy (non-hydrogen) atoms. The Bertz CT molecular complexity index is 486. The molecule has 1 fully saturated rings. The Morgan fingerprint density at radius 2 is 2.19 bits per heavy atom. The molecular weight excluding hydrogens is 268 g/mol. The number of hydrogen-bond donors (Lipinski definition) is 1. The molecule has 1 aliphatic carbocycles. The van der Waals surface area contributed by atoms with E-state index in [1.807, 2.05) is 11.9 Å². The van der Waals surface area contributed by atoms with E-state index in [0.717, 1.165) is 24.8 Å². The van der Waals surface area contributed by atoms with Gasteiger partial charge in [0.15, 0.2) is 0 Å². The number of hydrogen-bond acceptors (Lipinski definition) is 5. The van der Waals surface area contributed by atoms with Crippen molar-refractivity contribution in [2.45, 2.75) is 19.8 Å². The molecule has 2 N–H and O–H groups in total. The van der Waals surface area contributed by atoms with Gasteiger partial charge < -0.3 is 20.1 Å². The highest BCUT2D eigenvalue weighted by atomic mass is 16.5. The molecular formula is C16H24N2O3. The minimum absolute atomic E-state index is 0.322. The van der Waals surface area contributed by atoms with Crippen LogP contribution in [0.25, 0.3) is 0 Å². The molecule has 0 spiro atoms. The van der Waals surface area contributed by atoms with E-state index in [2.05, 4.69) is 0 Å². The number of carbonyl (C=O) groups is 1. The van der Waals surface area contributed by atoms with Gasteiger partial charge in [-0.15, -0.1) is 0 Å². The predicted octanol–water partition coefficient (Wildman–Crippen LogP) is 2.31. The van der Waals surface area contributed by atoms with Gasteiger partial charge in [0.1, 0.15) is 0 Å². The molecule has 0 heterocycles. The largest absolute Gasteiger partial charge is 0.462 e. The van der Waals surface area contributed by atoms with E-state index in [9.17, 15) is 4.79 Å². The molecule has 116 valence electrons. The lowest BCUT2D eigenvalue weighted by Crippen LogP contribution is -2.24. The molecule has 1 aromatic rings. The maximum absolute atomic E-state index is 11.8. The van der Waals surface area contributed by atoms with Gasteiger partial charge in [-0.3, -0.25) is 0 Å². The predicted molar refractivity (Wildman–Crippen MR) is 83.6 cm³/mol. The number of carbonyl (C=O) groups excluding carboxylic acids is 1. The Morgan fingerprint density at radius 1 is 1.43 bits per heavy atom. The third-order valence-electron chi connectivity index (χ3n) is 3.57. The van der Waals surface area contributed by atoms with Crippen LogP contribution in [0.3, 0.4) is 0 Å². The molecule has 5 heteroatoms. The Labute approximate surface area is 126 Å². The van der Waals surface area contributed by atoms with Gasteiger partial charge in [-0.05, 0) is 43.9 Å². The van der Waals surface area contributed by atoms with Crippen molar-refractivity contribution in [3.63, 3.8) is 0 Å². The highest BCUT2D eigenvalue weighted by molar-refractivity contribution is 5.92. The fourth-order valence-electron chi connectivity index (χ4n) is 2.07. The molecule has 0 aliphatic heterocycles. The molecule has 0 unspecified atom stereocenters. The number of rotatable bonds is 8. The zero-order chi connectivity index (χ0) is 15.2. The minimum atomic E-state index is -0.322. The molecule has 0 aromatic heterocycles. The summed E-state index contributed by atoms with van der Waals surface area (Å²) >= 11 is 0. The van der Waals surface area contributed by atoms with Gasteiger partial charge in [0.25, 0.3) is 0 Å². The van der Waals surface area contributed by atoms with Crippen molar-refractivity contribution in [1.82, 2.24) is 0 Å². The number of esters is 1. The Balaban J connectivity index is 1.92. The van der Waals surface area contributed by atoms with Crippen molar-refractivity contribution >= 4 is 17.3 Å². The molecule has 0 atom stereocenters. The van der Waals surface area contributed by atoms with Crippen molar-refractivity contribution < 1.29 is 14.3 Å². The van der Waals surface area contributed by atoms with E-state index in [1.165, 1.54) is 12.8 Å². The van der Waals surface area contributed by atoms with E-state index >= 15 is 0 Å². The van der Waals surface area contributed by atoms with Crippen LogP contribution >= 0.6 is 0 Å². The Hall–Kier alpha value is -1.75. The SMILES string of the molecule is CCOC(=O)c1ccc(N)c(N(C)CCOCC2CC2)c1. The smallest absolute Gasteiger partial charge is 0.338 e. The van der Waals surface area contributed by atoms with E-state index in [4.69, 9.17) is 15.2 Å². The van der Waals surface area contributed by atoms with Crippen LogP contribution in [0.15, 0.2) is 18.2 Å². The summed E-state index contributed by atoms with van der Waals surface area (Å²) in [6.07, 6.45) is 2.59. The second-order valence-electron chi connectivity index (χ2n) is 5.43. The normalized spacial score (nSPS) is 14.0. The van der Waals surface area contributed by atoms with Crippen LogP contribution < -0.4 is 10.6 Å². The molecule has 5 nitrogen and oxygen atoms in total. The Kier molecular flexibility index (Phi) is 5.44. The number of nitrogens with zero attached hydrogens (tertiary/aromatic N) is 1. The third-order valence-corrected chi connectivity index (χ3v) is 3.57. The van der Waals surface area contributed by atoms with E-state index in [1.54, 1.807) is 25.1 Å². The number of nitrogen functional groups attached to an aromatic ring is 1. The van der Waals surface area contributed by atoms with E-state index in [0.29, 0.717) is 24.5 Å². The number of anilines is 2. The first-order valence-corrected chi connectivity index (χ1v) is 7.47. The first kappa shape index (κ1) is 15.6. The standard InChI is InChI=1S/C16H24N2O3/c1-3-21-16(19)13-6-7-14(17)15(10-13)18(2)8-9-20-11-12-4-5-12/h6-7,10,12H,3-5,8-9,11,17H2,1-2H3. The van der Waals surface area contributed by atoms with E-state index < -0.39 is 0 Å². The van der Waals surface area contributed by atoms with E-state index in [-0.39, 0.29) is 5.97 Å². The average Bonchev–Trinajstić information content (AvgIpc) is 3.28. The second kappa shape index (κ2) is 7.31. The van der Waals surface area contributed by atoms with Crippen molar-refractivity contribution in [2.75, 3.05) is 44.0 Å². The number of nitrogens with two attached hydrogens (primary N) is 1. The summed E-state index contributed by atoms with van der Waals surface area (Å²) in [5, 5.41) is 0. The minimum Gasteiger partial charge on any atom is -0.462 e. The highest BCUT2D eigenvalue weighted by Gasteiger charge is 2.21. The number of benzene rings is 1. The maximum atomic E-state index is 11.8. The first-order chi connectivity index (χ1) is 10.1. The van der Waals surface area contributed by atoms with Crippen LogP contribution in [0, 0.1) is 5.92 Å². The van der Waals surface area contributed by atoms with Gasteiger partial charge in [-0.2, -0.15) is 0 Å². The lowest BCUT2D eigenvalue weighted by Gasteiger charge is -2.21. The van der Waals surface area contributed by atoms with Crippen LogP contribution in [0.2, 0.25) is 0 Å². The molecule has 2 rings (SSSR count). The lowest BCUT2D eigenvalue weighted by molar-refractivity contribution is 0.0526. The summed E-state index contributed by atoms with van der Waals surface area (Å²) in [6, 6.07) is 5.20. The highest BCUT2D eigenvalue weighted by Crippen LogP contribution is 2.29. The van der Waals surface area contributed by atoms with Crippen LogP contribution in [0.4, 0.5) is 11.4 Å². The summed E-state index contributed by atoms with van der Waals surface area (Å²) in [4.78, 5) is 13.8.